The van der Waals surface area contributed by atoms with Crippen molar-refractivity contribution < 1.29 is 4.39 Å². The van der Waals surface area contributed by atoms with Gasteiger partial charge in [0.15, 0.2) is 0 Å². The number of aromatic nitrogens is 3. The number of halogens is 1. The van der Waals surface area contributed by atoms with Crippen LogP contribution in [-0.2, 0) is 19.4 Å². The maximum atomic E-state index is 13.7. The summed E-state index contributed by atoms with van der Waals surface area (Å²) in [6, 6.07) is 21.9. The average molecular weight is 455 g/mol. The monoisotopic (exact) mass is 454 g/mol. The summed E-state index contributed by atoms with van der Waals surface area (Å²) in [6.07, 6.45) is 9.05. The van der Waals surface area contributed by atoms with Crippen LogP contribution in [0.5, 0.6) is 0 Å². The number of pyridine rings is 1. The lowest BCUT2D eigenvalue weighted by Gasteiger charge is -2.20. The van der Waals surface area contributed by atoms with Crippen molar-refractivity contribution in [3.05, 3.63) is 96.3 Å². The Morgan fingerprint density at radius 2 is 1.71 bits per heavy atom. The Morgan fingerprint density at radius 1 is 0.941 bits per heavy atom. The molecule has 4 aromatic rings. The second-order valence-corrected chi connectivity index (χ2v) is 9.19. The molecule has 4 nitrogen and oxygen atoms in total. The Hall–Kier alpha value is -3.31. The fourth-order valence-corrected chi connectivity index (χ4v) is 5.04. The van der Waals surface area contributed by atoms with Gasteiger partial charge in [-0.05, 0) is 81.2 Å². The minimum atomic E-state index is -0.232. The minimum absolute atomic E-state index is 0.232. The number of aryl methyl sites for hydroxylation is 1. The summed E-state index contributed by atoms with van der Waals surface area (Å²) in [5.41, 5.74) is 5.40. The Kier molecular flexibility index (Phi) is 6.82. The van der Waals surface area contributed by atoms with Crippen LogP contribution in [0, 0.1) is 5.82 Å². The minimum Gasteiger partial charge on any atom is -0.327 e. The second-order valence-electron chi connectivity index (χ2n) is 9.19. The molecule has 2 aromatic carbocycles. The molecule has 5 heteroatoms. The van der Waals surface area contributed by atoms with Crippen LogP contribution in [0.15, 0.2) is 79.1 Å². The molecule has 0 saturated carbocycles. The normalized spacial score (nSPS) is 16.2. The molecule has 1 aliphatic heterocycles. The van der Waals surface area contributed by atoms with Crippen LogP contribution in [-0.4, -0.2) is 39.1 Å². The third-order valence-electron chi connectivity index (χ3n) is 6.90. The van der Waals surface area contributed by atoms with Crippen molar-refractivity contribution in [1.29, 1.82) is 0 Å². The van der Waals surface area contributed by atoms with Gasteiger partial charge in [-0.25, -0.2) is 9.37 Å². The highest BCUT2D eigenvalue weighted by atomic mass is 19.1. The average Bonchev–Trinajstić information content (AvgIpc) is 3.44. The summed E-state index contributed by atoms with van der Waals surface area (Å²) >= 11 is 0. The van der Waals surface area contributed by atoms with E-state index in [1.807, 2.05) is 36.7 Å². The zero-order valence-electron chi connectivity index (χ0n) is 19.7. The van der Waals surface area contributed by atoms with Crippen LogP contribution in [0.1, 0.15) is 30.7 Å². The molecule has 0 bridgehead atoms. The van der Waals surface area contributed by atoms with E-state index in [9.17, 15) is 4.39 Å². The van der Waals surface area contributed by atoms with Crippen molar-refractivity contribution in [1.82, 2.24) is 19.4 Å². The SMILES string of the molecule is CN1CCCC1Cc1nc(-c2ccc(F)cc2)c(-c2ccncc2)n1CCCc1ccccc1. The highest BCUT2D eigenvalue weighted by molar-refractivity contribution is 5.79. The second kappa shape index (κ2) is 10.3. The summed E-state index contributed by atoms with van der Waals surface area (Å²) in [6.45, 7) is 2.02. The molecule has 1 atom stereocenters. The van der Waals surface area contributed by atoms with Crippen LogP contribution >= 0.6 is 0 Å². The summed E-state index contributed by atoms with van der Waals surface area (Å²) < 4.78 is 16.1. The first-order chi connectivity index (χ1) is 16.7. The lowest BCUT2D eigenvalue weighted by molar-refractivity contribution is 0.303. The first kappa shape index (κ1) is 22.5. The van der Waals surface area contributed by atoms with Crippen LogP contribution in [0.4, 0.5) is 4.39 Å². The fourth-order valence-electron chi connectivity index (χ4n) is 5.04. The molecule has 34 heavy (non-hydrogen) atoms. The summed E-state index contributed by atoms with van der Waals surface area (Å²) in [5, 5.41) is 0. The van der Waals surface area contributed by atoms with Crippen molar-refractivity contribution in [3.63, 3.8) is 0 Å². The highest BCUT2D eigenvalue weighted by Gasteiger charge is 2.26. The van der Waals surface area contributed by atoms with Gasteiger partial charge in [0.25, 0.3) is 0 Å². The first-order valence-corrected chi connectivity index (χ1v) is 12.2. The number of likely N-dealkylation sites (N-methyl/N-ethyl adjacent to an activating group) is 1. The molecule has 5 rings (SSSR count). The summed E-state index contributed by atoms with van der Waals surface area (Å²) in [5.74, 6) is 0.877. The quantitative estimate of drug-likeness (QED) is 0.326. The molecular weight excluding hydrogens is 423 g/mol. The van der Waals surface area contributed by atoms with Crippen LogP contribution in [0.25, 0.3) is 22.5 Å². The smallest absolute Gasteiger partial charge is 0.123 e. The van der Waals surface area contributed by atoms with Crippen molar-refractivity contribution in [2.45, 2.75) is 44.7 Å². The molecule has 0 spiro atoms. The van der Waals surface area contributed by atoms with E-state index in [1.54, 1.807) is 0 Å². The zero-order chi connectivity index (χ0) is 23.3. The number of likely N-dealkylation sites (tertiary alicyclic amines) is 1. The molecule has 174 valence electrons. The van der Waals surface area contributed by atoms with Gasteiger partial charge in [0, 0.05) is 42.5 Å². The third kappa shape index (κ3) is 4.95. The highest BCUT2D eigenvalue weighted by Crippen LogP contribution is 2.34. The van der Waals surface area contributed by atoms with E-state index >= 15 is 0 Å². The predicted octanol–water partition coefficient (Wildman–Crippen LogP) is 6.02. The van der Waals surface area contributed by atoms with Crippen molar-refractivity contribution in [2.75, 3.05) is 13.6 Å². The van der Waals surface area contributed by atoms with E-state index in [-0.39, 0.29) is 5.82 Å². The van der Waals surface area contributed by atoms with E-state index in [1.165, 1.54) is 30.5 Å². The number of nitrogens with zero attached hydrogens (tertiary/aromatic N) is 4. The number of hydrogen-bond acceptors (Lipinski definition) is 3. The Labute approximate surface area is 201 Å². The molecule has 0 radical (unpaired) electrons. The van der Waals surface area contributed by atoms with E-state index in [0.29, 0.717) is 6.04 Å². The van der Waals surface area contributed by atoms with E-state index < -0.39 is 0 Å². The predicted molar refractivity (Wildman–Crippen MR) is 135 cm³/mol. The van der Waals surface area contributed by atoms with Crippen molar-refractivity contribution in [2.24, 2.45) is 0 Å². The zero-order valence-corrected chi connectivity index (χ0v) is 19.7. The maximum absolute atomic E-state index is 13.7. The van der Waals surface area contributed by atoms with Crippen LogP contribution < -0.4 is 0 Å². The van der Waals surface area contributed by atoms with Gasteiger partial charge in [0.1, 0.15) is 11.6 Å². The molecule has 3 heterocycles. The molecule has 2 aromatic heterocycles. The summed E-state index contributed by atoms with van der Waals surface area (Å²) in [4.78, 5) is 11.9. The van der Waals surface area contributed by atoms with E-state index in [0.717, 1.165) is 60.7 Å². The van der Waals surface area contributed by atoms with Gasteiger partial charge >= 0.3 is 0 Å². The van der Waals surface area contributed by atoms with Gasteiger partial charge in [-0.1, -0.05) is 30.3 Å². The number of benzene rings is 2. The first-order valence-electron chi connectivity index (χ1n) is 12.2. The summed E-state index contributed by atoms with van der Waals surface area (Å²) in [7, 11) is 2.21. The van der Waals surface area contributed by atoms with Crippen molar-refractivity contribution >= 4 is 0 Å². The topological polar surface area (TPSA) is 34.0 Å². The molecule has 1 unspecified atom stereocenters. The van der Waals surface area contributed by atoms with Gasteiger partial charge in [0.05, 0.1) is 11.4 Å². The van der Waals surface area contributed by atoms with Gasteiger partial charge in [0.2, 0.25) is 0 Å². The van der Waals surface area contributed by atoms with Crippen LogP contribution in [0.3, 0.4) is 0 Å². The standard InChI is InChI=1S/C29H31FN4/c1-33-19-6-10-26(33)21-27-32-28(23-11-13-25(30)14-12-23)29(24-15-17-31-18-16-24)34(27)20-5-9-22-7-3-2-4-8-22/h2-4,7-8,11-18,26H,5-6,9-10,19-21H2,1H3. The molecular formula is C29H31FN4. The van der Waals surface area contributed by atoms with Crippen molar-refractivity contribution in [3.8, 4) is 22.5 Å². The molecule has 1 saturated heterocycles. The van der Waals surface area contributed by atoms with Gasteiger partial charge in [-0.2, -0.15) is 0 Å². The van der Waals surface area contributed by atoms with E-state index in [4.69, 9.17) is 4.98 Å². The van der Waals surface area contributed by atoms with Gasteiger partial charge in [-0.3, -0.25) is 4.98 Å². The molecule has 0 N–H and O–H groups in total. The molecule has 1 fully saturated rings. The molecule has 0 aliphatic carbocycles. The van der Waals surface area contributed by atoms with Gasteiger partial charge in [-0.15, -0.1) is 0 Å². The van der Waals surface area contributed by atoms with Gasteiger partial charge < -0.3 is 9.47 Å². The Balaban J connectivity index is 1.56. The number of rotatable bonds is 8. The number of hydrogen-bond donors (Lipinski definition) is 0. The van der Waals surface area contributed by atoms with Crippen LogP contribution in [0.2, 0.25) is 0 Å². The number of imidazole rings is 1. The fraction of sp³-hybridized carbons (Fsp3) is 0.310. The molecule has 1 aliphatic rings. The lowest BCUT2D eigenvalue weighted by Crippen LogP contribution is -2.28. The van der Waals surface area contributed by atoms with E-state index in [2.05, 4.69) is 51.8 Å². The maximum Gasteiger partial charge on any atom is 0.123 e. The molecule has 0 amide bonds. The Morgan fingerprint density at radius 3 is 2.41 bits per heavy atom. The lowest BCUT2D eigenvalue weighted by atomic mass is 10.1. The third-order valence-corrected chi connectivity index (χ3v) is 6.90. The Bertz CT molecular complexity index is 1200. The largest absolute Gasteiger partial charge is 0.327 e.